The predicted molar refractivity (Wildman–Crippen MR) is 65.6 cm³/mol. The molecular formula is C11H22BNO3. The quantitative estimate of drug-likeness (QED) is 0.420. The number of nitrogens with zero attached hydrogens (tertiary/aromatic N) is 1. The van der Waals surface area contributed by atoms with Crippen LogP contribution < -0.4 is 0 Å². The Kier molecular flexibility index (Phi) is 4.02. The van der Waals surface area contributed by atoms with Crippen molar-refractivity contribution in [3.63, 3.8) is 0 Å². The van der Waals surface area contributed by atoms with Gasteiger partial charge in [-0.15, -0.1) is 0 Å². The first-order valence-electron chi connectivity index (χ1n) is 5.71. The Bertz CT molecular complexity index is 260. The molecule has 0 aromatic rings. The van der Waals surface area contributed by atoms with Crippen molar-refractivity contribution < 1.29 is 14.1 Å². The van der Waals surface area contributed by atoms with Gasteiger partial charge in [0.1, 0.15) is 7.11 Å². The summed E-state index contributed by atoms with van der Waals surface area (Å²) in [4.78, 5) is 4.71. The van der Waals surface area contributed by atoms with Crippen LogP contribution in [-0.4, -0.2) is 31.1 Å². The molecule has 1 fully saturated rings. The highest BCUT2D eigenvalue weighted by molar-refractivity contribution is 6.45. The molecule has 0 N–H and O–H groups in total. The molecule has 4 nitrogen and oxygen atoms in total. The van der Waals surface area contributed by atoms with E-state index in [2.05, 4.69) is 32.9 Å². The highest BCUT2D eigenvalue weighted by atomic mass is 16.7. The predicted octanol–water partition coefficient (Wildman–Crippen LogP) is 2.49. The summed E-state index contributed by atoms with van der Waals surface area (Å²) in [6, 6.07) is 0. The van der Waals surface area contributed by atoms with Crippen LogP contribution in [0.5, 0.6) is 0 Å². The fourth-order valence-electron chi connectivity index (χ4n) is 1.61. The minimum absolute atomic E-state index is 0.146. The first-order valence-corrected chi connectivity index (χ1v) is 5.71. The maximum atomic E-state index is 5.87. The fourth-order valence-corrected chi connectivity index (χ4v) is 1.61. The van der Waals surface area contributed by atoms with Gasteiger partial charge in [-0.3, -0.25) is 0 Å². The molecule has 0 aliphatic carbocycles. The Morgan fingerprint density at radius 1 is 1.19 bits per heavy atom. The number of rotatable bonds is 4. The third kappa shape index (κ3) is 2.98. The van der Waals surface area contributed by atoms with Crippen molar-refractivity contribution in [2.24, 2.45) is 5.16 Å². The van der Waals surface area contributed by atoms with Gasteiger partial charge in [-0.1, -0.05) is 5.16 Å². The maximum Gasteiger partial charge on any atom is 0.458 e. The van der Waals surface area contributed by atoms with E-state index < -0.39 is 0 Å². The van der Waals surface area contributed by atoms with Crippen LogP contribution in [0.2, 0.25) is 6.32 Å². The number of oxime groups is 1. The molecule has 0 aromatic carbocycles. The van der Waals surface area contributed by atoms with Crippen LogP contribution in [0, 0.1) is 0 Å². The van der Waals surface area contributed by atoms with Crippen LogP contribution in [0.25, 0.3) is 0 Å². The first kappa shape index (κ1) is 13.5. The van der Waals surface area contributed by atoms with E-state index in [0.717, 1.165) is 18.5 Å². The summed E-state index contributed by atoms with van der Waals surface area (Å²) in [5.74, 6) is 0. The Morgan fingerprint density at radius 2 is 1.69 bits per heavy atom. The van der Waals surface area contributed by atoms with Crippen LogP contribution in [-0.2, 0) is 14.1 Å². The highest BCUT2D eigenvalue weighted by Gasteiger charge is 2.50. The number of hydrogen-bond acceptors (Lipinski definition) is 4. The van der Waals surface area contributed by atoms with Crippen LogP contribution in [0.4, 0.5) is 0 Å². The minimum Gasteiger partial charge on any atom is -0.403 e. The molecule has 5 heteroatoms. The van der Waals surface area contributed by atoms with Crippen molar-refractivity contribution in [3.8, 4) is 0 Å². The minimum atomic E-state index is -0.246. The molecule has 1 rings (SSSR count). The van der Waals surface area contributed by atoms with E-state index >= 15 is 0 Å². The lowest BCUT2D eigenvalue weighted by Crippen LogP contribution is -2.41. The summed E-state index contributed by atoms with van der Waals surface area (Å²) < 4.78 is 11.7. The van der Waals surface area contributed by atoms with E-state index in [-0.39, 0.29) is 18.3 Å². The summed E-state index contributed by atoms with van der Waals surface area (Å²) in [6.45, 7) is 10.2. The Hall–Kier alpha value is -0.545. The molecule has 0 bridgehead atoms. The zero-order valence-corrected chi connectivity index (χ0v) is 11.2. The lowest BCUT2D eigenvalue weighted by molar-refractivity contribution is 0.00578. The van der Waals surface area contributed by atoms with Crippen LogP contribution in [0.1, 0.15) is 41.0 Å². The van der Waals surface area contributed by atoms with E-state index in [1.165, 1.54) is 0 Å². The lowest BCUT2D eigenvalue weighted by Gasteiger charge is -2.32. The fraction of sp³-hybridized carbons (Fsp3) is 0.909. The van der Waals surface area contributed by atoms with Gasteiger partial charge in [0, 0.05) is 0 Å². The second-order valence-corrected chi connectivity index (χ2v) is 5.23. The van der Waals surface area contributed by atoms with Crippen molar-refractivity contribution in [1.82, 2.24) is 0 Å². The third-order valence-corrected chi connectivity index (χ3v) is 3.29. The largest absolute Gasteiger partial charge is 0.458 e. The smallest absolute Gasteiger partial charge is 0.403 e. The zero-order chi connectivity index (χ0) is 12.4. The van der Waals surface area contributed by atoms with E-state index in [4.69, 9.17) is 14.1 Å². The second kappa shape index (κ2) is 4.76. The monoisotopic (exact) mass is 227 g/mol. The Labute approximate surface area is 98.5 Å². The molecule has 1 heterocycles. The van der Waals surface area contributed by atoms with Crippen molar-refractivity contribution in [3.05, 3.63) is 0 Å². The van der Waals surface area contributed by atoms with Gasteiger partial charge in [-0.2, -0.15) is 0 Å². The molecular weight excluding hydrogens is 205 g/mol. The van der Waals surface area contributed by atoms with E-state index in [1.807, 2.05) is 6.92 Å². The molecule has 0 saturated carbocycles. The molecule has 0 radical (unpaired) electrons. The van der Waals surface area contributed by atoms with E-state index in [1.54, 1.807) is 7.11 Å². The van der Waals surface area contributed by atoms with Crippen LogP contribution >= 0.6 is 0 Å². The van der Waals surface area contributed by atoms with Gasteiger partial charge >= 0.3 is 7.12 Å². The lowest BCUT2D eigenvalue weighted by atomic mass is 9.82. The number of hydrogen-bond donors (Lipinski definition) is 0. The van der Waals surface area contributed by atoms with Gasteiger partial charge in [0.25, 0.3) is 0 Å². The topological polar surface area (TPSA) is 40.0 Å². The average molecular weight is 227 g/mol. The van der Waals surface area contributed by atoms with Crippen molar-refractivity contribution >= 4 is 12.8 Å². The third-order valence-electron chi connectivity index (χ3n) is 3.29. The van der Waals surface area contributed by atoms with Gasteiger partial charge < -0.3 is 14.1 Å². The summed E-state index contributed by atoms with van der Waals surface area (Å²) in [7, 11) is 1.41. The van der Waals surface area contributed by atoms with Crippen molar-refractivity contribution in [1.29, 1.82) is 0 Å². The first-order chi connectivity index (χ1) is 7.28. The molecule has 0 atom stereocenters. The van der Waals surface area contributed by atoms with Crippen LogP contribution in [0.15, 0.2) is 5.16 Å². The van der Waals surface area contributed by atoms with Gasteiger partial charge in [-0.25, -0.2) is 0 Å². The van der Waals surface area contributed by atoms with Gasteiger partial charge in [-0.05, 0) is 47.4 Å². The molecule has 0 unspecified atom stereocenters. The summed E-state index contributed by atoms with van der Waals surface area (Å²) >= 11 is 0. The van der Waals surface area contributed by atoms with E-state index in [0.29, 0.717) is 0 Å². The SMILES string of the molecule is CO/N=C(\C)CCB1OC(C)(C)C(C)(C)O1. The van der Waals surface area contributed by atoms with Crippen molar-refractivity contribution in [2.75, 3.05) is 7.11 Å². The molecule has 1 saturated heterocycles. The van der Waals surface area contributed by atoms with Gasteiger partial charge in [0.2, 0.25) is 0 Å². The summed E-state index contributed by atoms with van der Waals surface area (Å²) in [5.41, 5.74) is 0.464. The van der Waals surface area contributed by atoms with Crippen LogP contribution in [0.3, 0.4) is 0 Å². The standard InChI is InChI=1S/C11H22BNO3/c1-9(13-14-6)7-8-12-15-10(2,3)11(4,5)16-12/h7-8H2,1-6H3/b13-9+. The normalized spacial score (nSPS) is 23.6. The highest BCUT2D eigenvalue weighted by Crippen LogP contribution is 2.37. The molecule has 1 aliphatic rings. The summed E-state index contributed by atoms with van der Waals surface area (Å²) in [5, 5.41) is 3.86. The van der Waals surface area contributed by atoms with Gasteiger partial charge in [0.05, 0.1) is 16.9 Å². The molecule has 0 amide bonds. The molecule has 1 aliphatic heterocycles. The molecule has 0 spiro atoms. The Balaban J connectivity index is 2.46. The maximum absolute atomic E-state index is 5.87. The Morgan fingerprint density at radius 3 is 2.12 bits per heavy atom. The average Bonchev–Trinajstić information content (AvgIpc) is 2.33. The van der Waals surface area contributed by atoms with Gasteiger partial charge in [0.15, 0.2) is 0 Å². The van der Waals surface area contributed by atoms with Crippen molar-refractivity contribution in [2.45, 2.75) is 58.6 Å². The molecule has 16 heavy (non-hydrogen) atoms. The molecule has 92 valence electrons. The molecule has 0 aromatic heterocycles. The second-order valence-electron chi connectivity index (χ2n) is 5.23. The summed E-state index contributed by atoms with van der Waals surface area (Å²) in [6.07, 6.45) is 1.64. The van der Waals surface area contributed by atoms with E-state index in [9.17, 15) is 0 Å². The zero-order valence-electron chi connectivity index (χ0n) is 11.2.